The summed E-state index contributed by atoms with van der Waals surface area (Å²) in [6.07, 6.45) is 1.98. The number of carbonyl (C=O) groups is 3. The highest BCUT2D eigenvalue weighted by Crippen LogP contribution is 2.48. The first kappa shape index (κ1) is 28.3. The summed E-state index contributed by atoms with van der Waals surface area (Å²) < 4.78 is 59.6. The standard InChI is InChI=1S/C25H28F4N2O5S/c1-37(2,3)24-18(26)11-15(12-19(24)27)30-25(35)23-17-5-4-16(36-13-20(28)29)10-14(17)8-9-31(23)21(32)6-7-22(33)34/h4-5,10-12,20,23H,6-9,13H2,1-3H3,(H,30,35)(H,33,34)/t23-/m1/s1. The summed E-state index contributed by atoms with van der Waals surface area (Å²) >= 11 is 0. The molecule has 0 saturated carbocycles. The normalized spacial score (nSPS) is 15.8. The van der Waals surface area contributed by atoms with Gasteiger partial charge in [0, 0.05) is 18.7 Å². The van der Waals surface area contributed by atoms with E-state index in [1.165, 1.54) is 23.1 Å². The van der Waals surface area contributed by atoms with Gasteiger partial charge in [0.05, 0.1) is 11.3 Å². The van der Waals surface area contributed by atoms with Crippen LogP contribution in [0.25, 0.3) is 0 Å². The number of nitrogens with zero attached hydrogens (tertiary/aromatic N) is 1. The van der Waals surface area contributed by atoms with Gasteiger partial charge in [0.1, 0.15) is 30.0 Å². The first-order chi connectivity index (χ1) is 17.3. The van der Waals surface area contributed by atoms with E-state index in [2.05, 4.69) is 5.32 Å². The van der Waals surface area contributed by atoms with Crippen LogP contribution in [0.15, 0.2) is 35.2 Å². The van der Waals surface area contributed by atoms with Crippen LogP contribution < -0.4 is 10.1 Å². The second kappa shape index (κ2) is 11.4. The van der Waals surface area contributed by atoms with E-state index in [4.69, 9.17) is 9.84 Å². The molecule has 1 aliphatic heterocycles. The third kappa shape index (κ3) is 6.94. The van der Waals surface area contributed by atoms with E-state index in [0.717, 1.165) is 12.1 Å². The lowest BCUT2D eigenvalue weighted by atomic mass is 9.91. The fourth-order valence-electron chi connectivity index (χ4n) is 4.19. The van der Waals surface area contributed by atoms with Crippen LogP contribution in [0.2, 0.25) is 0 Å². The number of nitrogens with one attached hydrogen (secondary N) is 1. The van der Waals surface area contributed by atoms with Crippen LogP contribution in [0.5, 0.6) is 5.75 Å². The molecule has 1 heterocycles. The van der Waals surface area contributed by atoms with Gasteiger partial charge in [-0.3, -0.25) is 14.4 Å². The van der Waals surface area contributed by atoms with Crippen molar-refractivity contribution < 1.29 is 41.8 Å². The quantitative estimate of drug-likeness (QED) is 0.451. The Labute approximate surface area is 213 Å². The van der Waals surface area contributed by atoms with Crippen LogP contribution in [-0.2, 0) is 20.8 Å². The summed E-state index contributed by atoms with van der Waals surface area (Å²) in [4.78, 5) is 38.4. The molecule has 2 N–H and O–H groups in total. The second-order valence-electron chi connectivity index (χ2n) is 9.29. The molecule has 3 rings (SSSR count). The first-order valence-corrected chi connectivity index (χ1v) is 14.2. The maximum atomic E-state index is 14.7. The number of carbonyl (C=O) groups excluding carboxylic acids is 2. The van der Waals surface area contributed by atoms with Crippen molar-refractivity contribution in [3.05, 3.63) is 53.1 Å². The fraction of sp³-hybridized carbons (Fsp3) is 0.400. The van der Waals surface area contributed by atoms with Crippen LogP contribution >= 0.6 is 10.0 Å². The maximum absolute atomic E-state index is 14.7. The summed E-state index contributed by atoms with van der Waals surface area (Å²) in [5.41, 5.74) is 0.793. The molecule has 0 unspecified atom stereocenters. The SMILES string of the molecule is CS(C)(C)c1c(F)cc(NC(=O)[C@H]2c3ccc(OCC(F)F)cc3CCN2C(=O)CCC(=O)O)cc1F. The van der Waals surface area contributed by atoms with Gasteiger partial charge in [0.25, 0.3) is 12.3 Å². The third-order valence-corrected chi connectivity index (χ3v) is 7.33. The zero-order valence-corrected chi connectivity index (χ0v) is 21.3. The van der Waals surface area contributed by atoms with Crippen molar-refractivity contribution in [1.29, 1.82) is 0 Å². The van der Waals surface area contributed by atoms with E-state index in [1.54, 1.807) is 18.8 Å². The van der Waals surface area contributed by atoms with Crippen LogP contribution in [-0.4, -0.2) is 66.1 Å². The van der Waals surface area contributed by atoms with Crippen molar-refractivity contribution in [2.24, 2.45) is 0 Å². The van der Waals surface area contributed by atoms with Crippen LogP contribution in [0, 0.1) is 11.6 Å². The van der Waals surface area contributed by atoms with Gasteiger partial charge in [-0.2, -0.15) is 0 Å². The minimum absolute atomic E-state index is 0.0386. The van der Waals surface area contributed by atoms with Crippen molar-refractivity contribution in [1.82, 2.24) is 4.90 Å². The van der Waals surface area contributed by atoms with Crippen LogP contribution in [0.4, 0.5) is 23.2 Å². The fourth-order valence-corrected chi connectivity index (χ4v) is 5.48. The topological polar surface area (TPSA) is 95.9 Å². The lowest BCUT2D eigenvalue weighted by Gasteiger charge is -2.36. The molecule has 1 atom stereocenters. The minimum atomic E-state index is -2.68. The molecule has 202 valence electrons. The predicted molar refractivity (Wildman–Crippen MR) is 132 cm³/mol. The van der Waals surface area contributed by atoms with E-state index in [9.17, 15) is 31.9 Å². The number of aliphatic carboxylic acids is 1. The van der Waals surface area contributed by atoms with E-state index in [-0.39, 0.29) is 35.7 Å². The molecule has 0 fully saturated rings. The molecule has 0 aromatic heterocycles. The molecule has 0 bridgehead atoms. The molecule has 0 saturated heterocycles. The summed E-state index contributed by atoms with van der Waals surface area (Å²) in [6.45, 7) is -0.775. The van der Waals surface area contributed by atoms with Crippen molar-refractivity contribution in [3.63, 3.8) is 0 Å². The van der Waals surface area contributed by atoms with Crippen molar-refractivity contribution >= 4 is 33.5 Å². The number of hydrogen-bond acceptors (Lipinski definition) is 4. The Morgan fingerprint density at radius 2 is 1.76 bits per heavy atom. The number of fused-ring (bicyclic) bond motifs is 1. The van der Waals surface area contributed by atoms with Gasteiger partial charge >= 0.3 is 5.97 Å². The molecule has 1 aliphatic rings. The molecule has 37 heavy (non-hydrogen) atoms. The van der Waals surface area contributed by atoms with Crippen LogP contribution in [0.1, 0.15) is 30.0 Å². The highest BCUT2D eigenvalue weighted by Gasteiger charge is 2.36. The average molecular weight is 545 g/mol. The minimum Gasteiger partial charge on any atom is -0.488 e. The lowest BCUT2D eigenvalue weighted by Crippen LogP contribution is -2.45. The largest absolute Gasteiger partial charge is 0.488 e. The van der Waals surface area contributed by atoms with E-state index in [1.807, 2.05) is 0 Å². The lowest BCUT2D eigenvalue weighted by molar-refractivity contribution is -0.143. The van der Waals surface area contributed by atoms with E-state index >= 15 is 0 Å². The van der Waals surface area contributed by atoms with Crippen molar-refractivity contribution in [3.8, 4) is 5.75 Å². The first-order valence-electron chi connectivity index (χ1n) is 11.3. The number of anilines is 1. The van der Waals surface area contributed by atoms with Crippen molar-refractivity contribution in [2.45, 2.75) is 36.6 Å². The number of benzene rings is 2. The highest BCUT2D eigenvalue weighted by molar-refractivity contribution is 8.32. The number of halogens is 4. The Morgan fingerprint density at radius 1 is 1.11 bits per heavy atom. The Hall–Kier alpha value is -3.28. The molecule has 0 radical (unpaired) electrons. The van der Waals surface area contributed by atoms with Gasteiger partial charge < -0.3 is 20.1 Å². The Kier molecular flexibility index (Phi) is 8.72. The average Bonchev–Trinajstić information content (AvgIpc) is 2.78. The monoisotopic (exact) mass is 544 g/mol. The van der Waals surface area contributed by atoms with Gasteiger partial charge in [-0.1, -0.05) is 6.07 Å². The van der Waals surface area contributed by atoms with Gasteiger partial charge in [-0.05, 0) is 60.6 Å². The molecular weight excluding hydrogens is 516 g/mol. The molecule has 2 aromatic carbocycles. The van der Waals surface area contributed by atoms with Crippen LogP contribution in [0.3, 0.4) is 0 Å². The van der Waals surface area contributed by atoms with Crippen molar-refractivity contribution in [2.75, 3.05) is 37.2 Å². The Morgan fingerprint density at radius 3 is 2.32 bits per heavy atom. The second-order valence-corrected chi connectivity index (χ2v) is 13.4. The number of hydrogen-bond donors (Lipinski definition) is 2. The molecule has 0 aliphatic carbocycles. The summed E-state index contributed by atoms with van der Waals surface area (Å²) in [5.74, 6) is -3.99. The molecule has 12 heteroatoms. The number of amides is 2. The summed E-state index contributed by atoms with van der Waals surface area (Å²) in [5, 5.41) is 11.4. The smallest absolute Gasteiger partial charge is 0.303 e. The predicted octanol–water partition coefficient (Wildman–Crippen LogP) is 4.59. The van der Waals surface area contributed by atoms with Gasteiger partial charge in [0.15, 0.2) is 0 Å². The molecule has 2 aromatic rings. The number of alkyl halides is 2. The zero-order chi connectivity index (χ0) is 27.5. The van der Waals surface area contributed by atoms with Gasteiger partial charge in [-0.25, -0.2) is 27.6 Å². The number of ether oxygens (including phenoxy) is 1. The molecule has 0 spiro atoms. The molecule has 2 amide bonds. The number of carboxylic acids is 1. The van der Waals surface area contributed by atoms with E-state index in [0.29, 0.717) is 11.1 Å². The third-order valence-electron chi connectivity index (χ3n) is 5.72. The molecule has 7 nitrogen and oxygen atoms in total. The zero-order valence-electron chi connectivity index (χ0n) is 20.5. The number of rotatable bonds is 9. The highest BCUT2D eigenvalue weighted by atomic mass is 32.3. The summed E-state index contributed by atoms with van der Waals surface area (Å²) in [7, 11) is -1.74. The van der Waals surface area contributed by atoms with Gasteiger partial charge in [-0.15, -0.1) is 0 Å². The molecular formula is C25H28F4N2O5S. The van der Waals surface area contributed by atoms with Gasteiger partial charge in [0.2, 0.25) is 5.91 Å². The van der Waals surface area contributed by atoms with E-state index < -0.39 is 64.9 Å². The summed E-state index contributed by atoms with van der Waals surface area (Å²) in [6, 6.07) is 5.12. The maximum Gasteiger partial charge on any atom is 0.303 e. The number of carboxylic acid groups (broad SMARTS) is 1. The Balaban J connectivity index is 1.95. The Bertz CT molecular complexity index is 1180.